The first-order chi connectivity index (χ1) is 7.24. The summed E-state index contributed by atoms with van der Waals surface area (Å²) in [6, 6.07) is 1.16. The topological polar surface area (TPSA) is 38.5 Å². The van der Waals surface area contributed by atoms with E-state index in [-0.39, 0.29) is 0 Å². The summed E-state index contributed by atoms with van der Waals surface area (Å²) >= 11 is 0. The van der Waals surface area contributed by atoms with Gasteiger partial charge in [0.2, 0.25) is 0 Å². The van der Waals surface area contributed by atoms with Gasteiger partial charge in [-0.05, 0) is 26.3 Å². The highest BCUT2D eigenvalue weighted by Crippen LogP contribution is 2.22. The third kappa shape index (κ3) is 3.16. The van der Waals surface area contributed by atoms with Crippen LogP contribution in [0, 0.1) is 5.92 Å². The molecule has 0 bridgehead atoms. The predicted octanol–water partition coefficient (Wildman–Crippen LogP) is 1.47. The van der Waals surface area contributed by atoms with Gasteiger partial charge in [0.15, 0.2) is 0 Å². The molecule has 1 fully saturated rings. The number of ether oxygens (including phenoxy) is 1. The maximum atomic E-state index is 5.90. The summed E-state index contributed by atoms with van der Waals surface area (Å²) in [6.07, 6.45) is 3.58. The van der Waals surface area contributed by atoms with Gasteiger partial charge in [-0.25, -0.2) is 0 Å². The molecule has 1 saturated heterocycles. The van der Waals surface area contributed by atoms with E-state index in [1.807, 2.05) is 0 Å². The van der Waals surface area contributed by atoms with Crippen LogP contribution in [0.15, 0.2) is 0 Å². The number of likely N-dealkylation sites (N-methyl/N-ethyl adjacent to an activating group) is 1. The number of nitrogens with two attached hydrogens (primary N) is 1. The zero-order valence-corrected chi connectivity index (χ0v) is 10.4. The molecular weight excluding hydrogens is 188 g/mol. The molecule has 3 nitrogen and oxygen atoms in total. The minimum Gasteiger partial charge on any atom is -0.381 e. The molecule has 0 amide bonds. The van der Waals surface area contributed by atoms with Crippen molar-refractivity contribution in [2.45, 2.75) is 45.2 Å². The Hall–Kier alpha value is -0.120. The molecule has 0 aliphatic carbocycles. The van der Waals surface area contributed by atoms with Crippen molar-refractivity contribution in [3.63, 3.8) is 0 Å². The molecule has 0 saturated carbocycles. The Morgan fingerprint density at radius 2 is 2.07 bits per heavy atom. The van der Waals surface area contributed by atoms with Gasteiger partial charge >= 0.3 is 0 Å². The van der Waals surface area contributed by atoms with Crippen LogP contribution in [0.3, 0.4) is 0 Å². The zero-order chi connectivity index (χ0) is 11.3. The summed E-state index contributed by atoms with van der Waals surface area (Å²) in [4.78, 5) is 2.47. The predicted molar refractivity (Wildman–Crippen MR) is 63.9 cm³/mol. The van der Waals surface area contributed by atoms with Gasteiger partial charge in [-0.15, -0.1) is 0 Å². The quantitative estimate of drug-likeness (QED) is 0.727. The summed E-state index contributed by atoms with van der Waals surface area (Å²) < 4.78 is 5.45. The molecule has 0 aromatic carbocycles. The molecular formula is C12H26N2O. The molecule has 15 heavy (non-hydrogen) atoms. The fourth-order valence-corrected chi connectivity index (χ4v) is 2.68. The molecule has 2 N–H and O–H groups in total. The molecule has 1 rings (SSSR count). The molecule has 1 aliphatic rings. The van der Waals surface area contributed by atoms with E-state index in [0.29, 0.717) is 18.0 Å². The van der Waals surface area contributed by atoms with Crippen molar-refractivity contribution < 1.29 is 4.74 Å². The average Bonchev–Trinajstić information content (AvgIpc) is 2.74. The SMILES string of the molecule is CCC(CC)N(C)C(CN)C1CCOC1. The molecule has 0 aromatic heterocycles. The van der Waals surface area contributed by atoms with Gasteiger partial charge < -0.3 is 10.5 Å². The highest BCUT2D eigenvalue weighted by Gasteiger charge is 2.29. The summed E-state index contributed by atoms with van der Waals surface area (Å²) in [6.45, 7) is 7.07. The zero-order valence-electron chi connectivity index (χ0n) is 10.4. The van der Waals surface area contributed by atoms with E-state index >= 15 is 0 Å². The van der Waals surface area contributed by atoms with Crippen molar-refractivity contribution >= 4 is 0 Å². The Balaban J connectivity index is 2.55. The van der Waals surface area contributed by atoms with Crippen molar-refractivity contribution in [1.82, 2.24) is 4.90 Å². The van der Waals surface area contributed by atoms with Gasteiger partial charge in [-0.1, -0.05) is 13.8 Å². The first kappa shape index (κ1) is 12.9. The van der Waals surface area contributed by atoms with E-state index < -0.39 is 0 Å². The van der Waals surface area contributed by atoms with Crippen LogP contribution in [-0.2, 0) is 4.74 Å². The monoisotopic (exact) mass is 214 g/mol. The molecule has 0 radical (unpaired) electrons. The lowest BCUT2D eigenvalue weighted by Gasteiger charge is -2.36. The smallest absolute Gasteiger partial charge is 0.0510 e. The van der Waals surface area contributed by atoms with Gasteiger partial charge in [-0.3, -0.25) is 4.90 Å². The van der Waals surface area contributed by atoms with Crippen molar-refractivity contribution in [3.8, 4) is 0 Å². The number of hydrogen-bond donors (Lipinski definition) is 1. The highest BCUT2D eigenvalue weighted by atomic mass is 16.5. The van der Waals surface area contributed by atoms with E-state index in [0.717, 1.165) is 19.8 Å². The van der Waals surface area contributed by atoms with Crippen LogP contribution in [0.1, 0.15) is 33.1 Å². The molecule has 2 atom stereocenters. The van der Waals surface area contributed by atoms with Gasteiger partial charge in [0.05, 0.1) is 6.61 Å². The maximum Gasteiger partial charge on any atom is 0.0510 e. The normalized spacial score (nSPS) is 24.0. The lowest BCUT2D eigenvalue weighted by Crippen LogP contribution is -2.48. The van der Waals surface area contributed by atoms with Crippen molar-refractivity contribution in [2.24, 2.45) is 11.7 Å². The minimum atomic E-state index is 0.498. The number of rotatable bonds is 6. The van der Waals surface area contributed by atoms with Crippen molar-refractivity contribution in [1.29, 1.82) is 0 Å². The number of nitrogens with zero attached hydrogens (tertiary/aromatic N) is 1. The largest absolute Gasteiger partial charge is 0.381 e. The first-order valence-electron chi connectivity index (χ1n) is 6.24. The second-order valence-corrected chi connectivity index (χ2v) is 4.56. The average molecular weight is 214 g/mol. The lowest BCUT2D eigenvalue weighted by molar-refractivity contribution is 0.105. The highest BCUT2D eigenvalue weighted by molar-refractivity contribution is 4.84. The van der Waals surface area contributed by atoms with Crippen LogP contribution in [0.4, 0.5) is 0 Å². The summed E-state index contributed by atoms with van der Waals surface area (Å²) in [5.74, 6) is 0.639. The van der Waals surface area contributed by atoms with Gasteiger partial charge in [0.25, 0.3) is 0 Å². The Morgan fingerprint density at radius 1 is 1.40 bits per heavy atom. The maximum absolute atomic E-state index is 5.90. The van der Waals surface area contributed by atoms with Crippen LogP contribution >= 0.6 is 0 Å². The van der Waals surface area contributed by atoms with Gasteiger partial charge in [0.1, 0.15) is 0 Å². The first-order valence-corrected chi connectivity index (χ1v) is 6.24. The van der Waals surface area contributed by atoms with Gasteiger partial charge in [-0.2, -0.15) is 0 Å². The fourth-order valence-electron chi connectivity index (χ4n) is 2.68. The molecule has 3 heteroatoms. The van der Waals surface area contributed by atoms with E-state index in [9.17, 15) is 0 Å². The number of hydrogen-bond acceptors (Lipinski definition) is 3. The van der Waals surface area contributed by atoms with E-state index in [1.54, 1.807) is 0 Å². The fraction of sp³-hybridized carbons (Fsp3) is 1.00. The third-order valence-corrected chi connectivity index (χ3v) is 3.79. The molecule has 1 heterocycles. The molecule has 2 unspecified atom stereocenters. The van der Waals surface area contributed by atoms with Crippen LogP contribution in [0.2, 0.25) is 0 Å². The molecule has 0 spiro atoms. The second kappa shape index (κ2) is 6.46. The third-order valence-electron chi connectivity index (χ3n) is 3.79. The minimum absolute atomic E-state index is 0.498. The lowest BCUT2D eigenvalue weighted by atomic mass is 9.95. The summed E-state index contributed by atoms with van der Waals surface area (Å²) in [5.41, 5.74) is 5.90. The Kier molecular flexibility index (Phi) is 5.58. The Labute approximate surface area is 94.0 Å². The summed E-state index contributed by atoms with van der Waals surface area (Å²) in [5, 5.41) is 0. The standard InChI is InChI=1S/C12H26N2O/c1-4-11(5-2)14(3)12(8-13)10-6-7-15-9-10/h10-12H,4-9,13H2,1-3H3. The van der Waals surface area contributed by atoms with Crippen LogP contribution in [-0.4, -0.2) is 43.8 Å². The summed E-state index contributed by atoms with van der Waals surface area (Å²) in [7, 11) is 2.22. The van der Waals surface area contributed by atoms with E-state index in [2.05, 4.69) is 25.8 Å². The molecule has 90 valence electrons. The second-order valence-electron chi connectivity index (χ2n) is 4.56. The van der Waals surface area contributed by atoms with Crippen molar-refractivity contribution in [3.05, 3.63) is 0 Å². The van der Waals surface area contributed by atoms with Crippen molar-refractivity contribution in [2.75, 3.05) is 26.8 Å². The van der Waals surface area contributed by atoms with E-state index in [1.165, 1.54) is 19.3 Å². The molecule has 1 aliphatic heterocycles. The molecule has 0 aromatic rings. The van der Waals surface area contributed by atoms with Crippen LogP contribution in [0.25, 0.3) is 0 Å². The Bertz CT molecular complexity index is 165. The van der Waals surface area contributed by atoms with Crippen LogP contribution in [0.5, 0.6) is 0 Å². The van der Waals surface area contributed by atoms with Crippen LogP contribution < -0.4 is 5.73 Å². The Morgan fingerprint density at radius 3 is 2.47 bits per heavy atom. The van der Waals surface area contributed by atoms with Gasteiger partial charge in [0, 0.05) is 31.2 Å². The van der Waals surface area contributed by atoms with E-state index in [4.69, 9.17) is 10.5 Å².